The van der Waals surface area contributed by atoms with Crippen molar-refractivity contribution in [2.45, 2.75) is 19.9 Å². The van der Waals surface area contributed by atoms with Crippen molar-refractivity contribution in [3.8, 4) is 0 Å². The smallest absolute Gasteiger partial charge is 0.318 e. The highest BCUT2D eigenvalue weighted by molar-refractivity contribution is 6.30. The van der Waals surface area contributed by atoms with Crippen LogP contribution in [0.3, 0.4) is 0 Å². The number of nitrogens with one attached hydrogen (secondary N) is 1. The van der Waals surface area contributed by atoms with Gasteiger partial charge >= 0.3 is 6.03 Å². The van der Waals surface area contributed by atoms with Crippen LogP contribution < -0.4 is 10.2 Å². The number of nitrogens with zero attached hydrogens (tertiary/aromatic N) is 4. The predicted molar refractivity (Wildman–Crippen MR) is 103 cm³/mol. The Morgan fingerprint density at radius 3 is 2.27 bits per heavy atom. The quantitative estimate of drug-likeness (QED) is 0.892. The van der Waals surface area contributed by atoms with Gasteiger partial charge in [-0.25, -0.2) is 14.8 Å². The molecular formula is C19H24ClN5O. The number of halogens is 1. The van der Waals surface area contributed by atoms with Crippen LogP contribution in [0.25, 0.3) is 0 Å². The number of anilines is 1. The number of urea groups is 1. The second-order valence-corrected chi connectivity index (χ2v) is 7.18. The molecule has 138 valence electrons. The topological polar surface area (TPSA) is 61.4 Å². The fraction of sp³-hybridized carbons (Fsp3) is 0.421. The number of benzene rings is 1. The first-order chi connectivity index (χ1) is 12.5. The molecule has 1 aromatic heterocycles. The van der Waals surface area contributed by atoms with Crippen molar-refractivity contribution < 1.29 is 4.79 Å². The first kappa shape index (κ1) is 18.5. The molecule has 1 atom stereocenters. The second kappa shape index (κ2) is 8.36. The fourth-order valence-corrected chi connectivity index (χ4v) is 3.22. The molecule has 2 amide bonds. The van der Waals surface area contributed by atoms with Gasteiger partial charge in [-0.05, 0) is 29.7 Å². The number of carbonyl (C=O) groups is 1. The molecule has 1 aliphatic rings. The van der Waals surface area contributed by atoms with Gasteiger partial charge in [0.15, 0.2) is 0 Å². The van der Waals surface area contributed by atoms with Crippen molar-refractivity contribution >= 4 is 23.6 Å². The maximum absolute atomic E-state index is 12.7. The molecule has 1 N–H and O–H groups in total. The highest BCUT2D eigenvalue weighted by atomic mass is 35.5. The molecule has 2 aromatic rings. The molecule has 26 heavy (non-hydrogen) atoms. The van der Waals surface area contributed by atoms with Crippen LogP contribution in [0.4, 0.5) is 10.7 Å². The molecule has 6 nitrogen and oxygen atoms in total. The lowest BCUT2D eigenvalue weighted by atomic mass is 9.96. The lowest BCUT2D eigenvalue weighted by molar-refractivity contribution is 0.186. The minimum absolute atomic E-state index is 0.0349. The molecule has 0 aliphatic carbocycles. The van der Waals surface area contributed by atoms with Crippen LogP contribution in [0.1, 0.15) is 25.5 Å². The van der Waals surface area contributed by atoms with Crippen LogP contribution >= 0.6 is 11.6 Å². The molecule has 0 radical (unpaired) electrons. The molecular weight excluding hydrogens is 350 g/mol. The Labute approximate surface area is 159 Å². The van der Waals surface area contributed by atoms with Gasteiger partial charge in [-0.2, -0.15) is 0 Å². The van der Waals surface area contributed by atoms with E-state index >= 15 is 0 Å². The number of hydrogen-bond donors (Lipinski definition) is 1. The van der Waals surface area contributed by atoms with Gasteiger partial charge in [0.25, 0.3) is 0 Å². The van der Waals surface area contributed by atoms with Gasteiger partial charge in [0.1, 0.15) is 0 Å². The zero-order valence-electron chi connectivity index (χ0n) is 15.1. The van der Waals surface area contributed by atoms with Crippen molar-refractivity contribution in [1.82, 2.24) is 20.2 Å². The van der Waals surface area contributed by atoms with Gasteiger partial charge in [0, 0.05) is 43.6 Å². The molecule has 3 rings (SSSR count). The molecule has 7 heteroatoms. The lowest BCUT2D eigenvalue weighted by Crippen LogP contribution is -2.53. The molecule has 1 fully saturated rings. The van der Waals surface area contributed by atoms with Gasteiger partial charge in [-0.15, -0.1) is 0 Å². The van der Waals surface area contributed by atoms with Gasteiger partial charge in [0.2, 0.25) is 5.95 Å². The molecule has 1 saturated heterocycles. The summed E-state index contributed by atoms with van der Waals surface area (Å²) in [5.41, 5.74) is 1.06. The van der Waals surface area contributed by atoms with E-state index in [1.165, 1.54) is 0 Å². The van der Waals surface area contributed by atoms with E-state index in [1.54, 1.807) is 18.5 Å². The van der Waals surface area contributed by atoms with Crippen molar-refractivity contribution in [1.29, 1.82) is 0 Å². The maximum atomic E-state index is 12.7. The standard InChI is InChI=1S/C19H24ClN5O/c1-14(2)17(15-4-6-16(20)7-5-15)23-19(26)25-12-10-24(11-13-25)18-21-8-3-9-22-18/h3-9,14,17H,10-13H2,1-2H3,(H,23,26). The third-order valence-electron chi connectivity index (χ3n) is 4.58. The van der Waals surface area contributed by atoms with Gasteiger partial charge in [0.05, 0.1) is 6.04 Å². The van der Waals surface area contributed by atoms with E-state index in [4.69, 9.17) is 11.6 Å². The summed E-state index contributed by atoms with van der Waals surface area (Å²) in [5, 5.41) is 3.87. The lowest BCUT2D eigenvalue weighted by Gasteiger charge is -2.36. The number of amides is 2. The maximum Gasteiger partial charge on any atom is 0.318 e. The van der Waals surface area contributed by atoms with E-state index in [2.05, 4.69) is 34.0 Å². The average molecular weight is 374 g/mol. The van der Waals surface area contributed by atoms with Gasteiger partial charge < -0.3 is 15.1 Å². The molecule has 1 unspecified atom stereocenters. The van der Waals surface area contributed by atoms with Crippen LogP contribution in [0, 0.1) is 5.92 Å². The van der Waals surface area contributed by atoms with E-state index in [9.17, 15) is 4.79 Å². The number of aromatic nitrogens is 2. The van der Waals surface area contributed by atoms with Crippen molar-refractivity contribution in [3.63, 3.8) is 0 Å². The minimum Gasteiger partial charge on any atom is -0.337 e. The predicted octanol–water partition coefficient (Wildman–Crippen LogP) is 3.36. The van der Waals surface area contributed by atoms with Crippen LogP contribution in [-0.2, 0) is 0 Å². The summed E-state index contributed by atoms with van der Waals surface area (Å²) in [4.78, 5) is 25.2. The van der Waals surface area contributed by atoms with Crippen molar-refractivity contribution in [3.05, 3.63) is 53.3 Å². The molecule has 1 aromatic carbocycles. The summed E-state index contributed by atoms with van der Waals surface area (Å²) in [6.45, 7) is 6.95. The van der Waals surface area contributed by atoms with Crippen LogP contribution in [0.5, 0.6) is 0 Å². The Hall–Kier alpha value is -2.34. The Bertz CT molecular complexity index is 714. The zero-order valence-corrected chi connectivity index (χ0v) is 15.9. The molecule has 0 bridgehead atoms. The fourth-order valence-electron chi connectivity index (χ4n) is 3.09. The number of rotatable bonds is 4. The SMILES string of the molecule is CC(C)C(NC(=O)N1CCN(c2ncccn2)CC1)c1ccc(Cl)cc1. The number of carbonyl (C=O) groups excluding carboxylic acids is 1. The zero-order chi connectivity index (χ0) is 18.5. The normalized spacial score (nSPS) is 15.8. The van der Waals surface area contributed by atoms with Crippen LogP contribution in [-0.4, -0.2) is 47.1 Å². The van der Waals surface area contributed by atoms with Crippen LogP contribution in [0.15, 0.2) is 42.7 Å². The van der Waals surface area contributed by atoms with Gasteiger partial charge in [-0.1, -0.05) is 37.6 Å². The molecule has 0 saturated carbocycles. The number of piperazine rings is 1. The Morgan fingerprint density at radius 2 is 1.69 bits per heavy atom. The Morgan fingerprint density at radius 1 is 1.08 bits per heavy atom. The third-order valence-corrected chi connectivity index (χ3v) is 4.83. The highest BCUT2D eigenvalue weighted by Crippen LogP contribution is 2.23. The number of hydrogen-bond acceptors (Lipinski definition) is 4. The van der Waals surface area contributed by atoms with Gasteiger partial charge in [-0.3, -0.25) is 0 Å². The Balaban J connectivity index is 1.59. The van der Waals surface area contributed by atoms with Crippen molar-refractivity contribution in [2.75, 3.05) is 31.1 Å². The molecule has 2 heterocycles. The first-order valence-electron chi connectivity index (χ1n) is 8.87. The largest absolute Gasteiger partial charge is 0.337 e. The van der Waals surface area contributed by atoms with E-state index in [-0.39, 0.29) is 18.0 Å². The van der Waals surface area contributed by atoms with E-state index in [0.29, 0.717) is 24.1 Å². The second-order valence-electron chi connectivity index (χ2n) is 6.75. The first-order valence-corrected chi connectivity index (χ1v) is 9.25. The summed E-state index contributed by atoms with van der Waals surface area (Å²) in [5.74, 6) is 0.993. The average Bonchev–Trinajstić information content (AvgIpc) is 2.67. The van der Waals surface area contributed by atoms with Crippen molar-refractivity contribution in [2.24, 2.45) is 5.92 Å². The summed E-state index contributed by atoms with van der Waals surface area (Å²) in [7, 11) is 0. The third kappa shape index (κ3) is 4.43. The summed E-state index contributed by atoms with van der Waals surface area (Å²) < 4.78 is 0. The highest BCUT2D eigenvalue weighted by Gasteiger charge is 2.25. The van der Waals surface area contributed by atoms with Crippen LogP contribution in [0.2, 0.25) is 5.02 Å². The summed E-state index contributed by atoms with van der Waals surface area (Å²) in [6, 6.07) is 9.38. The minimum atomic E-state index is -0.0461. The van der Waals surface area contributed by atoms with E-state index < -0.39 is 0 Å². The molecule has 0 spiro atoms. The summed E-state index contributed by atoms with van der Waals surface area (Å²) in [6.07, 6.45) is 3.47. The Kier molecular flexibility index (Phi) is 5.93. The molecule has 1 aliphatic heterocycles. The van der Waals surface area contributed by atoms with E-state index in [1.807, 2.05) is 29.2 Å². The van der Waals surface area contributed by atoms with E-state index in [0.717, 1.165) is 18.7 Å². The monoisotopic (exact) mass is 373 g/mol. The summed E-state index contributed by atoms with van der Waals surface area (Å²) >= 11 is 5.98.